The lowest BCUT2D eigenvalue weighted by molar-refractivity contribution is 0.0998. The minimum atomic E-state index is -0.285. The Hall–Kier alpha value is -1.31. The smallest absolute Gasteiger partial charge is 0.248 e. The molecule has 0 saturated heterocycles. The number of rotatable bonds is 2. The molecule has 104 valence electrons. The quantitative estimate of drug-likeness (QED) is 0.840. The van der Waals surface area contributed by atoms with Gasteiger partial charge in [0.15, 0.2) is 0 Å². The molecule has 0 spiro atoms. The molecule has 2 N–H and O–H groups in total. The van der Waals surface area contributed by atoms with Crippen LogP contribution >= 0.6 is 0 Å². The zero-order valence-electron chi connectivity index (χ0n) is 11.7. The fourth-order valence-corrected chi connectivity index (χ4v) is 3.20. The van der Waals surface area contributed by atoms with Crippen molar-refractivity contribution in [3.63, 3.8) is 0 Å². The van der Waals surface area contributed by atoms with Crippen molar-refractivity contribution < 1.29 is 4.79 Å². The molecule has 0 radical (unpaired) electrons. The number of carbonyl (C=O) groups excluding carboxylic acids is 1. The summed E-state index contributed by atoms with van der Waals surface area (Å²) in [5, 5.41) is 0. The van der Waals surface area contributed by atoms with Crippen LogP contribution in [0.4, 0.5) is 0 Å². The lowest BCUT2D eigenvalue weighted by Crippen LogP contribution is -2.15. The molecule has 1 aliphatic rings. The van der Waals surface area contributed by atoms with E-state index in [2.05, 4.69) is 6.07 Å². The predicted octanol–water partition coefficient (Wildman–Crippen LogP) is 4.39. The zero-order chi connectivity index (χ0) is 13.5. The SMILES string of the molecule is NC(=O)c1ccccc1C1CCCCCCCCC1. The Morgan fingerprint density at radius 2 is 1.42 bits per heavy atom. The minimum Gasteiger partial charge on any atom is -0.366 e. The van der Waals surface area contributed by atoms with Crippen LogP contribution in [-0.4, -0.2) is 5.91 Å². The van der Waals surface area contributed by atoms with Crippen molar-refractivity contribution in [2.24, 2.45) is 5.73 Å². The van der Waals surface area contributed by atoms with Crippen LogP contribution in [0.15, 0.2) is 24.3 Å². The molecule has 0 aliphatic heterocycles. The summed E-state index contributed by atoms with van der Waals surface area (Å²) >= 11 is 0. The molecule has 0 atom stereocenters. The van der Waals surface area contributed by atoms with E-state index in [9.17, 15) is 4.79 Å². The molecule has 1 aromatic rings. The molecule has 19 heavy (non-hydrogen) atoms. The third kappa shape index (κ3) is 4.09. The number of amides is 1. The topological polar surface area (TPSA) is 43.1 Å². The van der Waals surface area contributed by atoms with E-state index in [1.165, 1.54) is 63.4 Å². The van der Waals surface area contributed by atoms with Gasteiger partial charge in [-0.25, -0.2) is 0 Å². The molecule has 1 aromatic carbocycles. The van der Waals surface area contributed by atoms with Gasteiger partial charge < -0.3 is 5.73 Å². The van der Waals surface area contributed by atoms with Gasteiger partial charge in [0, 0.05) is 5.56 Å². The number of nitrogens with two attached hydrogens (primary N) is 1. The van der Waals surface area contributed by atoms with Crippen molar-refractivity contribution >= 4 is 5.91 Å². The number of primary amides is 1. The van der Waals surface area contributed by atoms with Crippen LogP contribution in [0.3, 0.4) is 0 Å². The van der Waals surface area contributed by atoms with Gasteiger partial charge in [0.2, 0.25) is 5.91 Å². The first-order chi connectivity index (χ1) is 9.29. The van der Waals surface area contributed by atoms with Crippen LogP contribution in [0.25, 0.3) is 0 Å². The molecule has 1 fully saturated rings. The van der Waals surface area contributed by atoms with Gasteiger partial charge in [-0.1, -0.05) is 63.1 Å². The Morgan fingerprint density at radius 3 is 2.00 bits per heavy atom. The summed E-state index contributed by atoms with van der Waals surface area (Å²) in [7, 11) is 0. The number of carbonyl (C=O) groups is 1. The normalized spacial score (nSPS) is 18.9. The molecule has 1 saturated carbocycles. The lowest BCUT2D eigenvalue weighted by atomic mass is 9.84. The van der Waals surface area contributed by atoms with Gasteiger partial charge in [-0.2, -0.15) is 0 Å². The van der Waals surface area contributed by atoms with E-state index in [0.717, 1.165) is 5.56 Å². The predicted molar refractivity (Wildman–Crippen MR) is 79.3 cm³/mol. The van der Waals surface area contributed by atoms with Gasteiger partial charge in [0.25, 0.3) is 0 Å². The first-order valence-electron chi connectivity index (χ1n) is 7.68. The fourth-order valence-electron chi connectivity index (χ4n) is 3.20. The molecule has 0 unspecified atom stereocenters. The first-order valence-corrected chi connectivity index (χ1v) is 7.68. The maximum absolute atomic E-state index is 11.6. The minimum absolute atomic E-state index is 0.285. The Bertz CT molecular complexity index is 403. The van der Waals surface area contributed by atoms with Crippen molar-refractivity contribution in [1.82, 2.24) is 0 Å². The molecule has 2 rings (SSSR count). The van der Waals surface area contributed by atoms with Crippen LogP contribution in [-0.2, 0) is 0 Å². The summed E-state index contributed by atoms with van der Waals surface area (Å²) in [6.45, 7) is 0. The molecule has 0 aromatic heterocycles. The van der Waals surface area contributed by atoms with E-state index < -0.39 is 0 Å². The highest BCUT2D eigenvalue weighted by Crippen LogP contribution is 2.31. The largest absolute Gasteiger partial charge is 0.366 e. The molecule has 0 bridgehead atoms. The van der Waals surface area contributed by atoms with Gasteiger partial charge in [-0.05, 0) is 30.4 Å². The van der Waals surface area contributed by atoms with Crippen molar-refractivity contribution in [1.29, 1.82) is 0 Å². The molecule has 1 amide bonds. The van der Waals surface area contributed by atoms with E-state index in [1.807, 2.05) is 18.2 Å². The summed E-state index contributed by atoms with van der Waals surface area (Å²) < 4.78 is 0. The van der Waals surface area contributed by atoms with Gasteiger partial charge in [0.1, 0.15) is 0 Å². The third-order valence-corrected chi connectivity index (χ3v) is 4.27. The molecular weight excluding hydrogens is 234 g/mol. The van der Waals surface area contributed by atoms with Gasteiger partial charge in [-0.15, -0.1) is 0 Å². The van der Waals surface area contributed by atoms with E-state index in [-0.39, 0.29) is 5.91 Å². The third-order valence-electron chi connectivity index (χ3n) is 4.27. The molecular formula is C17H25NO. The van der Waals surface area contributed by atoms with Crippen LogP contribution < -0.4 is 5.73 Å². The Kier molecular flexibility index (Phi) is 5.44. The van der Waals surface area contributed by atoms with Crippen molar-refractivity contribution in [3.05, 3.63) is 35.4 Å². The average molecular weight is 259 g/mol. The van der Waals surface area contributed by atoms with Gasteiger partial charge in [0.05, 0.1) is 0 Å². The van der Waals surface area contributed by atoms with Crippen LogP contribution in [0.1, 0.15) is 79.6 Å². The second-order valence-electron chi connectivity index (χ2n) is 5.70. The maximum Gasteiger partial charge on any atom is 0.248 e. The first kappa shape index (κ1) is 14.1. The van der Waals surface area contributed by atoms with E-state index >= 15 is 0 Å². The lowest BCUT2D eigenvalue weighted by Gasteiger charge is -2.20. The number of hydrogen-bond donors (Lipinski definition) is 1. The Balaban J connectivity index is 2.14. The monoisotopic (exact) mass is 259 g/mol. The van der Waals surface area contributed by atoms with Gasteiger partial charge in [-0.3, -0.25) is 4.79 Å². The molecule has 0 heterocycles. The van der Waals surface area contributed by atoms with Crippen LogP contribution in [0.2, 0.25) is 0 Å². The molecule has 1 aliphatic carbocycles. The van der Waals surface area contributed by atoms with E-state index in [4.69, 9.17) is 5.73 Å². The summed E-state index contributed by atoms with van der Waals surface area (Å²) in [6, 6.07) is 7.90. The standard InChI is InChI=1S/C17H25NO/c18-17(19)16-13-9-8-12-15(16)14-10-6-4-2-1-3-5-7-11-14/h8-9,12-14H,1-7,10-11H2,(H2,18,19). The second-order valence-corrected chi connectivity index (χ2v) is 5.70. The van der Waals surface area contributed by atoms with Crippen LogP contribution in [0.5, 0.6) is 0 Å². The highest BCUT2D eigenvalue weighted by Gasteiger charge is 2.17. The molecule has 2 heteroatoms. The van der Waals surface area contributed by atoms with Crippen LogP contribution in [0, 0.1) is 0 Å². The Labute approximate surface area is 116 Å². The van der Waals surface area contributed by atoms with Crippen molar-refractivity contribution in [2.45, 2.75) is 63.7 Å². The highest BCUT2D eigenvalue weighted by molar-refractivity contribution is 5.94. The fraction of sp³-hybridized carbons (Fsp3) is 0.588. The zero-order valence-corrected chi connectivity index (χ0v) is 11.7. The highest BCUT2D eigenvalue weighted by atomic mass is 16.1. The van der Waals surface area contributed by atoms with Gasteiger partial charge >= 0.3 is 0 Å². The Morgan fingerprint density at radius 1 is 0.895 bits per heavy atom. The number of benzene rings is 1. The van der Waals surface area contributed by atoms with E-state index in [0.29, 0.717) is 5.92 Å². The average Bonchev–Trinajstić information content (AvgIpc) is 2.44. The van der Waals surface area contributed by atoms with Crippen molar-refractivity contribution in [2.75, 3.05) is 0 Å². The second kappa shape index (κ2) is 7.32. The maximum atomic E-state index is 11.6. The van der Waals surface area contributed by atoms with Crippen molar-refractivity contribution in [3.8, 4) is 0 Å². The summed E-state index contributed by atoms with van der Waals surface area (Å²) in [6.07, 6.45) is 11.7. The summed E-state index contributed by atoms with van der Waals surface area (Å²) in [5.41, 5.74) is 7.41. The van der Waals surface area contributed by atoms with E-state index in [1.54, 1.807) is 0 Å². The molecule has 2 nitrogen and oxygen atoms in total. The number of hydrogen-bond acceptors (Lipinski definition) is 1. The summed E-state index contributed by atoms with van der Waals surface area (Å²) in [5.74, 6) is 0.231. The summed E-state index contributed by atoms with van der Waals surface area (Å²) in [4.78, 5) is 11.6.